The van der Waals surface area contributed by atoms with Gasteiger partial charge in [-0.05, 0) is 42.5 Å². The van der Waals surface area contributed by atoms with E-state index in [1.807, 2.05) is 6.07 Å². The molecule has 3 rings (SSSR count). The second-order valence-corrected chi connectivity index (χ2v) is 7.46. The van der Waals surface area contributed by atoms with Gasteiger partial charge < -0.3 is 16.4 Å². The van der Waals surface area contributed by atoms with Crippen LogP contribution in [0.4, 0.5) is 21.9 Å². The number of nitrogen functional groups attached to an aromatic ring is 1. The smallest absolute Gasteiger partial charge is 0.323 e. The minimum Gasteiger partial charge on any atom is -0.397 e. The molecule has 0 bridgehead atoms. The molecule has 132 valence electrons. The zero-order valence-corrected chi connectivity index (χ0v) is 14.5. The first-order valence-electron chi connectivity index (χ1n) is 7.79. The van der Waals surface area contributed by atoms with E-state index in [4.69, 9.17) is 5.73 Å². The highest BCUT2D eigenvalue weighted by molar-refractivity contribution is 7.91. The summed E-state index contributed by atoms with van der Waals surface area (Å²) in [5, 5.41) is 5.27. The molecule has 3 aromatic carbocycles. The van der Waals surface area contributed by atoms with Crippen LogP contribution in [0.25, 0.3) is 0 Å². The molecule has 2 amide bonds. The van der Waals surface area contributed by atoms with E-state index in [1.165, 1.54) is 30.3 Å². The number of amides is 2. The zero-order chi connectivity index (χ0) is 18.6. The second-order valence-electron chi connectivity index (χ2n) is 5.51. The number of hydrogen-bond donors (Lipinski definition) is 3. The van der Waals surface area contributed by atoms with Crippen molar-refractivity contribution in [3.05, 3.63) is 78.9 Å². The maximum Gasteiger partial charge on any atom is 0.323 e. The maximum atomic E-state index is 12.6. The minimum absolute atomic E-state index is 0.0650. The monoisotopic (exact) mass is 367 g/mol. The van der Waals surface area contributed by atoms with E-state index in [9.17, 15) is 13.2 Å². The lowest BCUT2D eigenvalue weighted by atomic mass is 10.2. The molecule has 0 saturated carbocycles. The molecule has 0 saturated heterocycles. The van der Waals surface area contributed by atoms with Crippen molar-refractivity contribution in [1.82, 2.24) is 0 Å². The van der Waals surface area contributed by atoms with Gasteiger partial charge in [0.05, 0.1) is 21.2 Å². The van der Waals surface area contributed by atoms with Crippen LogP contribution in [-0.2, 0) is 9.84 Å². The molecule has 0 aliphatic carbocycles. The number of carbonyl (C=O) groups is 1. The average molecular weight is 367 g/mol. The zero-order valence-electron chi connectivity index (χ0n) is 13.7. The Labute approximate surface area is 151 Å². The molecule has 6 nitrogen and oxygen atoms in total. The maximum absolute atomic E-state index is 12.6. The van der Waals surface area contributed by atoms with Crippen LogP contribution in [0.3, 0.4) is 0 Å². The van der Waals surface area contributed by atoms with Gasteiger partial charge in [-0.1, -0.05) is 36.4 Å². The van der Waals surface area contributed by atoms with Gasteiger partial charge in [0, 0.05) is 5.69 Å². The van der Waals surface area contributed by atoms with Gasteiger partial charge in [-0.2, -0.15) is 0 Å². The molecule has 0 radical (unpaired) electrons. The minimum atomic E-state index is -3.66. The van der Waals surface area contributed by atoms with Crippen LogP contribution < -0.4 is 16.4 Å². The third kappa shape index (κ3) is 3.84. The fraction of sp³-hybridized carbons (Fsp3) is 0. The summed E-state index contributed by atoms with van der Waals surface area (Å²) < 4.78 is 25.2. The topological polar surface area (TPSA) is 101 Å². The standard InChI is InChI=1S/C19H17N3O3S/c20-17-13-16(26(24,25)15-9-5-2-6-10-15)11-12-18(17)22-19(23)21-14-7-3-1-4-8-14/h1-13H,20H2,(H2,21,22,23). The van der Waals surface area contributed by atoms with E-state index < -0.39 is 15.9 Å². The Kier molecular flexibility index (Phi) is 4.90. The molecule has 26 heavy (non-hydrogen) atoms. The first kappa shape index (κ1) is 17.5. The number of para-hydroxylation sites is 1. The van der Waals surface area contributed by atoms with Gasteiger partial charge in [0.15, 0.2) is 0 Å². The van der Waals surface area contributed by atoms with Gasteiger partial charge >= 0.3 is 6.03 Å². The van der Waals surface area contributed by atoms with Crippen LogP contribution in [0.5, 0.6) is 0 Å². The van der Waals surface area contributed by atoms with Gasteiger partial charge in [0.1, 0.15) is 0 Å². The summed E-state index contributed by atoms with van der Waals surface area (Å²) in [6.45, 7) is 0. The van der Waals surface area contributed by atoms with E-state index in [-0.39, 0.29) is 15.5 Å². The molecule has 0 unspecified atom stereocenters. The Balaban J connectivity index is 1.79. The number of rotatable bonds is 4. The highest BCUT2D eigenvalue weighted by Crippen LogP contribution is 2.27. The number of sulfone groups is 1. The fourth-order valence-electron chi connectivity index (χ4n) is 2.36. The van der Waals surface area contributed by atoms with Gasteiger partial charge in [-0.15, -0.1) is 0 Å². The van der Waals surface area contributed by atoms with Crippen LogP contribution in [0.1, 0.15) is 0 Å². The fourth-order valence-corrected chi connectivity index (χ4v) is 3.68. The summed E-state index contributed by atoms with van der Waals surface area (Å²) in [5.41, 5.74) is 7.04. The van der Waals surface area contributed by atoms with Gasteiger partial charge in [-0.25, -0.2) is 13.2 Å². The van der Waals surface area contributed by atoms with Crippen molar-refractivity contribution in [2.75, 3.05) is 16.4 Å². The molecule has 0 spiro atoms. The molecule has 4 N–H and O–H groups in total. The first-order valence-corrected chi connectivity index (χ1v) is 9.28. The summed E-state index contributed by atoms with van der Waals surface area (Å²) >= 11 is 0. The van der Waals surface area contributed by atoms with Crippen LogP contribution in [0.15, 0.2) is 88.7 Å². The van der Waals surface area contributed by atoms with Crippen molar-refractivity contribution in [2.24, 2.45) is 0 Å². The summed E-state index contributed by atoms with van der Waals surface area (Å²) in [6.07, 6.45) is 0. The van der Waals surface area contributed by atoms with Crippen LogP contribution >= 0.6 is 0 Å². The number of nitrogens with two attached hydrogens (primary N) is 1. The normalized spacial score (nSPS) is 10.9. The lowest BCUT2D eigenvalue weighted by molar-refractivity contribution is 0.262. The van der Waals surface area contributed by atoms with Crippen LogP contribution in [-0.4, -0.2) is 14.4 Å². The predicted molar refractivity (Wildman–Crippen MR) is 102 cm³/mol. The molecule has 0 aliphatic rings. The van der Waals surface area contributed by atoms with Crippen molar-refractivity contribution < 1.29 is 13.2 Å². The third-order valence-electron chi connectivity index (χ3n) is 3.67. The molecular formula is C19H17N3O3S. The number of urea groups is 1. The van der Waals surface area contributed by atoms with E-state index >= 15 is 0 Å². The molecule has 7 heteroatoms. The lowest BCUT2D eigenvalue weighted by Crippen LogP contribution is -2.20. The molecule has 0 heterocycles. The van der Waals surface area contributed by atoms with Gasteiger partial charge in [-0.3, -0.25) is 0 Å². The number of anilines is 3. The van der Waals surface area contributed by atoms with E-state index in [2.05, 4.69) is 10.6 Å². The van der Waals surface area contributed by atoms with Gasteiger partial charge in [0.25, 0.3) is 0 Å². The van der Waals surface area contributed by atoms with Crippen molar-refractivity contribution in [2.45, 2.75) is 9.79 Å². The summed E-state index contributed by atoms with van der Waals surface area (Å²) in [4.78, 5) is 12.3. The largest absolute Gasteiger partial charge is 0.397 e. The Morgan fingerprint density at radius 1 is 0.769 bits per heavy atom. The Hall–Kier alpha value is -3.32. The lowest BCUT2D eigenvalue weighted by Gasteiger charge is -2.11. The SMILES string of the molecule is Nc1cc(S(=O)(=O)c2ccccc2)ccc1NC(=O)Nc1ccccc1. The molecule has 0 atom stereocenters. The van der Waals surface area contributed by atoms with Gasteiger partial charge in [0.2, 0.25) is 9.84 Å². The van der Waals surface area contributed by atoms with Crippen LogP contribution in [0, 0.1) is 0 Å². The Bertz CT molecular complexity index is 1020. The summed E-state index contributed by atoms with van der Waals surface area (Å²) in [7, 11) is -3.66. The van der Waals surface area contributed by atoms with Crippen molar-refractivity contribution in [3.63, 3.8) is 0 Å². The van der Waals surface area contributed by atoms with Crippen LogP contribution in [0.2, 0.25) is 0 Å². The number of carbonyl (C=O) groups excluding carboxylic acids is 1. The van der Waals surface area contributed by atoms with E-state index in [1.54, 1.807) is 42.5 Å². The van der Waals surface area contributed by atoms with Crippen molar-refractivity contribution >= 4 is 32.9 Å². The van der Waals surface area contributed by atoms with Crippen molar-refractivity contribution in [3.8, 4) is 0 Å². The summed E-state index contributed by atoms with van der Waals surface area (Å²) in [5.74, 6) is 0. The van der Waals surface area contributed by atoms with Crippen molar-refractivity contribution in [1.29, 1.82) is 0 Å². The Morgan fingerprint density at radius 3 is 2.00 bits per heavy atom. The van der Waals surface area contributed by atoms with E-state index in [0.717, 1.165) is 0 Å². The number of benzene rings is 3. The van der Waals surface area contributed by atoms with E-state index in [0.29, 0.717) is 11.4 Å². The average Bonchev–Trinajstić information content (AvgIpc) is 2.65. The third-order valence-corrected chi connectivity index (χ3v) is 5.43. The quantitative estimate of drug-likeness (QED) is 0.611. The molecule has 0 aromatic heterocycles. The predicted octanol–water partition coefficient (Wildman–Crippen LogP) is 3.75. The summed E-state index contributed by atoms with van der Waals surface area (Å²) in [6, 6.07) is 20.8. The number of nitrogens with one attached hydrogen (secondary N) is 2. The first-order chi connectivity index (χ1) is 12.5. The second kappa shape index (κ2) is 7.28. The highest BCUT2D eigenvalue weighted by Gasteiger charge is 2.18. The Morgan fingerprint density at radius 2 is 1.38 bits per heavy atom. The molecular weight excluding hydrogens is 350 g/mol. The molecule has 3 aromatic rings. The molecule has 0 fully saturated rings. The highest BCUT2D eigenvalue weighted by atomic mass is 32.2. The molecule has 0 aliphatic heterocycles. The number of hydrogen-bond acceptors (Lipinski definition) is 4.